The van der Waals surface area contributed by atoms with Crippen LogP contribution in [0.1, 0.15) is 30.9 Å². The zero-order valence-corrected chi connectivity index (χ0v) is 11.0. The smallest absolute Gasteiger partial charge is 0.128 e. The molecular formula is C15H22FNO. The van der Waals surface area contributed by atoms with E-state index in [0.29, 0.717) is 18.8 Å². The van der Waals surface area contributed by atoms with Gasteiger partial charge < -0.3 is 10.1 Å². The van der Waals surface area contributed by atoms with Crippen LogP contribution in [0.15, 0.2) is 30.9 Å². The van der Waals surface area contributed by atoms with Crippen LogP contribution in [0.2, 0.25) is 0 Å². The fourth-order valence-electron chi connectivity index (χ4n) is 1.61. The molecule has 0 heterocycles. The molecule has 0 aliphatic carbocycles. The first-order valence-electron chi connectivity index (χ1n) is 6.44. The normalized spacial score (nSPS) is 10.6. The SMILES string of the molecule is C=CCCOCc1cc(CNCCC)ccc1F. The molecule has 0 spiro atoms. The summed E-state index contributed by atoms with van der Waals surface area (Å²) in [4.78, 5) is 0. The molecule has 0 unspecified atom stereocenters. The highest BCUT2D eigenvalue weighted by Crippen LogP contribution is 2.12. The molecule has 100 valence electrons. The Kier molecular flexibility index (Phi) is 7.30. The third-order valence-corrected chi connectivity index (χ3v) is 2.59. The van der Waals surface area contributed by atoms with E-state index in [1.165, 1.54) is 6.07 Å². The van der Waals surface area contributed by atoms with Gasteiger partial charge in [0, 0.05) is 12.1 Å². The van der Waals surface area contributed by atoms with Crippen LogP contribution < -0.4 is 5.32 Å². The number of benzene rings is 1. The monoisotopic (exact) mass is 251 g/mol. The molecule has 3 heteroatoms. The van der Waals surface area contributed by atoms with Gasteiger partial charge in [0.25, 0.3) is 0 Å². The van der Waals surface area contributed by atoms with Gasteiger partial charge in [-0.2, -0.15) is 0 Å². The second-order valence-electron chi connectivity index (χ2n) is 4.23. The lowest BCUT2D eigenvalue weighted by Crippen LogP contribution is -2.14. The number of rotatable bonds is 9. The van der Waals surface area contributed by atoms with Gasteiger partial charge in [0.2, 0.25) is 0 Å². The second kappa shape index (κ2) is 8.84. The standard InChI is InChI=1S/C15H22FNO/c1-3-5-9-18-12-14-10-13(6-7-15(14)16)11-17-8-4-2/h3,6-7,10,17H,1,4-5,8-9,11-12H2,2H3. The number of halogens is 1. The Bertz CT molecular complexity index is 366. The van der Waals surface area contributed by atoms with Crippen molar-refractivity contribution >= 4 is 0 Å². The van der Waals surface area contributed by atoms with Gasteiger partial charge in [0.15, 0.2) is 0 Å². The molecule has 1 N–H and O–H groups in total. The molecule has 1 aromatic carbocycles. The number of ether oxygens (including phenoxy) is 1. The summed E-state index contributed by atoms with van der Waals surface area (Å²) >= 11 is 0. The Morgan fingerprint density at radius 1 is 1.44 bits per heavy atom. The van der Waals surface area contributed by atoms with E-state index in [0.717, 1.165) is 31.5 Å². The van der Waals surface area contributed by atoms with Crippen molar-refractivity contribution in [2.45, 2.75) is 32.9 Å². The molecule has 0 atom stereocenters. The summed E-state index contributed by atoms with van der Waals surface area (Å²) in [5.41, 5.74) is 1.71. The van der Waals surface area contributed by atoms with Crippen LogP contribution in [0.3, 0.4) is 0 Å². The fourth-order valence-corrected chi connectivity index (χ4v) is 1.61. The average molecular weight is 251 g/mol. The van der Waals surface area contributed by atoms with Gasteiger partial charge in [-0.25, -0.2) is 4.39 Å². The first-order chi connectivity index (χ1) is 8.77. The minimum Gasteiger partial charge on any atom is -0.376 e. The average Bonchev–Trinajstić information content (AvgIpc) is 2.38. The third-order valence-electron chi connectivity index (χ3n) is 2.59. The third kappa shape index (κ3) is 5.43. The Balaban J connectivity index is 2.49. The minimum atomic E-state index is -0.201. The second-order valence-corrected chi connectivity index (χ2v) is 4.23. The van der Waals surface area contributed by atoms with Crippen LogP contribution in [0.25, 0.3) is 0 Å². The summed E-state index contributed by atoms with van der Waals surface area (Å²) in [5, 5.41) is 3.30. The molecule has 1 rings (SSSR count). The zero-order chi connectivity index (χ0) is 13.2. The summed E-state index contributed by atoms with van der Waals surface area (Å²) in [7, 11) is 0. The van der Waals surface area contributed by atoms with Crippen molar-refractivity contribution in [3.63, 3.8) is 0 Å². The van der Waals surface area contributed by atoms with Gasteiger partial charge in [0.1, 0.15) is 5.82 Å². The summed E-state index contributed by atoms with van der Waals surface area (Å²) in [6, 6.07) is 5.19. The van der Waals surface area contributed by atoms with Crippen molar-refractivity contribution < 1.29 is 9.13 Å². The maximum atomic E-state index is 13.5. The van der Waals surface area contributed by atoms with Gasteiger partial charge in [-0.15, -0.1) is 6.58 Å². The molecule has 0 aliphatic heterocycles. The molecule has 0 fully saturated rings. The van der Waals surface area contributed by atoms with Crippen molar-refractivity contribution in [2.24, 2.45) is 0 Å². The lowest BCUT2D eigenvalue weighted by molar-refractivity contribution is 0.123. The van der Waals surface area contributed by atoms with Crippen LogP contribution in [-0.2, 0) is 17.9 Å². The summed E-state index contributed by atoms with van der Waals surface area (Å²) in [5.74, 6) is -0.201. The highest BCUT2D eigenvalue weighted by atomic mass is 19.1. The van der Waals surface area contributed by atoms with Crippen LogP contribution in [0, 0.1) is 5.82 Å². The number of hydrogen-bond donors (Lipinski definition) is 1. The minimum absolute atomic E-state index is 0.201. The van der Waals surface area contributed by atoms with Crippen molar-refractivity contribution in [2.75, 3.05) is 13.2 Å². The van der Waals surface area contributed by atoms with Gasteiger partial charge >= 0.3 is 0 Å². The fraction of sp³-hybridized carbons (Fsp3) is 0.467. The maximum Gasteiger partial charge on any atom is 0.128 e. The van der Waals surface area contributed by atoms with E-state index in [1.54, 1.807) is 6.08 Å². The molecule has 0 radical (unpaired) electrons. The Morgan fingerprint density at radius 3 is 3.00 bits per heavy atom. The summed E-state index contributed by atoms with van der Waals surface area (Å²) in [6.45, 7) is 8.39. The maximum absolute atomic E-state index is 13.5. The van der Waals surface area contributed by atoms with E-state index >= 15 is 0 Å². The molecule has 18 heavy (non-hydrogen) atoms. The lowest BCUT2D eigenvalue weighted by atomic mass is 10.1. The Morgan fingerprint density at radius 2 is 2.28 bits per heavy atom. The van der Waals surface area contributed by atoms with E-state index in [4.69, 9.17) is 4.74 Å². The lowest BCUT2D eigenvalue weighted by Gasteiger charge is -2.08. The van der Waals surface area contributed by atoms with Crippen LogP contribution >= 0.6 is 0 Å². The zero-order valence-electron chi connectivity index (χ0n) is 11.0. The topological polar surface area (TPSA) is 21.3 Å². The molecule has 2 nitrogen and oxygen atoms in total. The first-order valence-corrected chi connectivity index (χ1v) is 6.44. The van der Waals surface area contributed by atoms with Crippen LogP contribution in [0.5, 0.6) is 0 Å². The molecular weight excluding hydrogens is 229 g/mol. The number of hydrogen-bond acceptors (Lipinski definition) is 2. The molecule has 0 aromatic heterocycles. The predicted molar refractivity (Wildman–Crippen MR) is 72.9 cm³/mol. The molecule has 0 amide bonds. The van der Waals surface area contributed by atoms with Crippen molar-refractivity contribution in [3.05, 3.63) is 47.8 Å². The van der Waals surface area contributed by atoms with E-state index in [-0.39, 0.29) is 5.82 Å². The highest BCUT2D eigenvalue weighted by molar-refractivity contribution is 5.24. The molecule has 1 aromatic rings. The number of nitrogens with one attached hydrogen (secondary N) is 1. The van der Waals surface area contributed by atoms with E-state index in [9.17, 15) is 4.39 Å². The van der Waals surface area contributed by atoms with Crippen molar-refractivity contribution in [1.29, 1.82) is 0 Å². The van der Waals surface area contributed by atoms with Gasteiger partial charge in [-0.3, -0.25) is 0 Å². The van der Waals surface area contributed by atoms with Crippen LogP contribution in [0.4, 0.5) is 4.39 Å². The molecule has 0 saturated heterocycles. The van der Waals surface area contributed by atoms with E-state index < -0.39 is 0 Å². The van der Waals surface area contributed by atoms with Gasteiger partial charge in [-0.1, -0.05) is 19.1 Å². The molecule has 0 aliphatic rings. The van der Waals surface area contributed by atoms with E-state index in [1.807, 2.05) is 12.1 Å². The van der Waals surface area contributed by atoms with Crippen LogP contribution in [-0.4, -0.2) is 13.2 Å². The predicted octanol–water partition coefficient (Wildman–Crippen LogP) is 3.42. The first kappa shape index (κ1) is 14.9. The Hall–Kier alpha value is -1.19. The highest BCUT2D eigenvalue weighted by Gasteiger charge is 2.03. The van der Waals surface area contributed by atoms with E-state index in [2.05, 4.69) is 18.8 Å². The van der Waals surface area contributed by atoms with Crippen molar-refractivity contribution in [1.82, 2.24) is 5.32 Å². The largest absolute Gasteiger partial charge is 0.376 e. The Labute approximate surface area is 109 Å². The van der Waals surface area contributed by atoms with Gasteiger partial charge in [0.05, 0.1) is 13.2 Å². The molecule has 0 saturated carbocycles. The van der Waals surface area contributed by atoms with Gasteiger partial charge in [-0.05, 0) is 37.1 Å². The summed E-state index contributed by atoms with van der Waals surface area (Å²) < 4.78 is 18.9. The quantitative estimate of drug-likeness (QED) is 0.536. The molecule has 0 bridgehead atoms. The summed E-state index contributed by atoms with van der Waals surface area (Å²) in [6.07, 6.45) is 3.68. The van der Waals surface area contributed by atoms with Crippen molar-refractivity contribution in [3.8, 4) is 0 Å².